The first kappa shape index (κ1) is 19.9. The molecule has 0 spiro atoms. The van der Waals surface area contributed by atoms with Crippen LogP contribution in [0.15, 0.2) is 36.4 Å². The molecule has 2 aromatic rings. The minimum atomic E-state index is -0.923. The summed E-state index contributed by atoms with van der Waals surface area (Å²) < 4.78 is 4.85. The van der Waals surface area contributed by atoms with Crippen molar-refractivity contribution < 1.29 is 29.6 Å². The van der Waals surface area contributed by atoms with Gasteiger partial charge in [-0.1, -0.05) is 0 Å². The van der Waals surface area contributed by atoms with Crippen LogP contribution in [0.4, 0.5) is 11.4 Å². The molecule has 0 saturated carbocycles. The van der Waals surface area contributed by atoms with Crippen LogP contribution >= 0.6 is 0 Å². The number of anilines is 2. The number of aromatic hydroxyl groups is 3. The zero-order valence-electron chi connectivity index (χ0n) is 15.1. The molecule has 0 bridgehead atoms. The van der Waals surface area contributed by atoms with E-state index >= 15 is 0 Å². The quantitative estimate of drug-likeness (QED) is 0.434. The molecule has 2 aromatic carbocycles. The van der Waals surface area contributed by atoms with Gasteiger partial charge in [0.2, 0.25) is 0 Å². The van der Waals surface area contributed by atoms with Crippen LogP contribution in [0.1, 0.15) is 24.2 Å². The summed E-state index contributed by atoms with van der Waals surface area (Å²) in [6.07, 6.45) is 0. The minimum Gasteiger partial charge on any atom is -0.504 e. The van der Waals surface area contributed by atoms with Gasteiger partial charge in [-0.05, 0) is 50.2 Å². The van der Waals surface area contributed by atoms with Crippen LogP contribution in [0.2, 0.25) is 0 Å². The van der Waals surface area contributed by atoms with Gasteiger partial charge in [0, 0.05) is 24.5 Å². The van der Waals surface area contributed by atoms with Crippen LogP contribution in [0.25, 0.3) is 0 Å². The maximum Gasteiger partial charge on any atom is 0.338 e. The molecule has 8 heteroatoms. The van der Waals surface area contributed by atoms with Gasteiger partial charge in [-0.2, -0.15) is 0 Å². The van der Waals surface area contributed by atoms with E-state index in [0.29, 0.717) is 5.69 Å². The molecular formula is C19H22N2O6. The Labute approximate surface area is 156 Å². The SMILES string of the molecule is CCN(CC)c1ccc(NC(=O)COC(=O)c2cc(O)c(O)c(O)c2)cc1. The minimum absolute atomic E-state index is 0.195. The van der Waals surface area contributed by atoms with Gasteiger partial charge < -0.3 is 30.3 Å². The topological polar surface area (TPSA) is 119 Å². The number of phenols is 3. The Hall–Kier alpha value is -3.42. The summed E-state index contributed by atoms with van der Waals surface area (Å²) in [7, 11) is 0. The predicted octanol–water partition coefficient (Wildman–Crippen LogP) is 2.45. The summed E-state index contributed by atoms with van der Waals surface area (Å²) in [6.45, 7) is 5.32. The summed E-state index contributed by atoms with van der Waals surface area (Å²) in [4.78, 5) is 26.0. The average molecular weight is 374 g/mol. The third kappa shape index (κ3) is 5.04. The maximum atomic E-state index is 11.9. The van der Waals surface area contributed by atoms with Crippen LogP contribution in [0.5, 0.6) is 17.2 Å². The largest absolute Gasteiger partial charge is 0.504 e. The molecule has 0 aromatic heterocycles. The van der Waals surface area contributed by atoms with Crippen LogP contribution in [-0.4, -0.2) is 46.9 Å². The third-order valence-electron chi connectivity index (χ3n) is 3.92. The summed E-state index contributed by atoms with van der Waals surface area (Å²) in [5, 5.41) is 30.7. The number of hydrogen-bond donors (Lipinski definition) is 4. The summed E-state index contributed by atoms with van der Waals surface area (Å²) in [6, 6.07) is 9.14. The van der Waals surface area contributed by atoms with Crippen molar-refractivity contribution in [2.75, 3.05) is 29.9 Å². The molecule has 0 saturated heterocycles. The number of ether oxygens (including phenoxy) is 1. The van der Waals surface area contributed by atoms with Gasteiger partial charge >= 0.3 is 5.97 Å². The molecule has 0 heterocycles. The van der Waals surface area contributed by atoms with Crippen LogP contribution in [0, 0.1) is 0 Å². The maximum absolute atomic E-state index is 11.9. The second kappa shape index (κ2) is 8.79. The fourth-order valence-corrected chi connectivity index (χ4v) is 2.48. The third-order valence-corrected chi connectivity index (χ3v) is 3.92. The van der Waals surface area contributed by atoms with Crippen molar-refractivity contribution in [1.29, 1.82) is 0 Å². The number of phenolic OH excluding ortho intramolecular Hbond substituents is 3. The fourth-order valence-electron chi connectivity index (χ4n) is 2.48. The highest BCUT2D eigenvalue weighted by atomic mass is 16.5. The zero-order chi connectivity index (χ0) is 20.0. The van der Waals surface area contributed by atoms with Crippen molar-refractivity contribution in [1.82, 2.24) is 0 Å². The van der Waals surface area contributed by atoms with Crippen molar-refractivity contribution in [3.8, 4) is 17.2 Å². The molecule has 0 aliphatic rings. The molecule has 0 aliphatic heterocycles. The van der Waals surface area contributed by atoms with Gasteiger partial charge in [-0.3, -0.25) is 4.79 Å². The Morgan fingerprint density at radius 3 is 2.07 bits per heavy atom. The molecule has 27 heavy (non-hydrogen) atoms. The number of benzene rings is 2. The molecule has 0 aliphatic carbocycles. The van der Waals surface area contributed by atoms with E-state index in [4.69, 9.17) is 4.74 Å². The molecule has 4 N–H and O–H groups in total. The van der Waals surface area contributed by atoms with Crippen LogP contribution < -0.4 is 10.2 Å². The first-order valence-electron chi connectivity index (χ1n) is 8.42. The van der Waals surface area contributed by atoms with E-state index in [1.54, 1.807) is 12.1 Å². The molecule has 1 amide bonds. The number of amides is 1. The first-order valence-corrected chi connectivity index (χ1v) is 8.42. The lowest BCUT2D eigenvalue weighted by molar-refractivity contribution is -0.119. The number of carbonyl (C=O) groups is 2. The predicted molar refractivity (Wildman–Crippen MR) is 100 cm³/mol. The standard InChI is InChI=1S/C19H22N2O6/c1-3-21(4-2)14-7-5-13(6-8-14)20-17(24)11-27-19(26)12-9-15(22)18(25)16(23)10-12/h5-10,22-23,25H,3-4,11H2,1-2H3,(H,20,24). The Morgan fingerprint density at radius 1 is 1.00 bits per heavy atom. The smallest absolute Gasteiger partial charge is 0.338 e. The molecule has 0 atom stereocenters. The summed E-state index contributed by atoms with van der Waals surface area (Å²) >= 11 is 0. The van der Waals surface area contributed by atoms with Gasteiger partial charge in [0.1, 0.15) is 0 Å². The van der Waals surface area contributed by atoms with Crippen molar-refractivity contribution in [3.05, 3.63) is 42.0 Å². The Balaban J connectivity index is 1.91. The van der Waals surface area contributed by atoms with E-state index in [0.717, 1.165) is 30.9 Å². The molecule has 8 nitrogen and oxygen atoms in total. The van der Waals surface area contributed by atoms with Crippen molar-refractivity contribution in [2.45, 2.75) is 13.8 Å². The highest BCUT2D eigenvalue weighted by molar-refractivity contribution is 5.96. The van der Waals surface area contributed by atoms with Crippen molar-refractivity contribution in [2.24, 2.45) is 0 Å². The Bertz CT molecular complexity index is 792. The first-order chi connectivity index (χ1) is 12.8. The molecular weight excluding hydrogens is 352 g/mol. The summed E-state index contributed by atoms with van der Waals surface area (Å²) in [5.41, 5.74) is 1.41. The van der Waals surface area contributed by atoms with Gasteiger partial charge in [0.25, 0.3) is 5.91 Å². The second-order valence-corrected chi connectivity index (χ2v) is 5.71. The van der Waals surface area contributed by atoms with E-state index in [1.807, 2.05) is 12.1 Å². The lowest BCUT2D eigenvalue weighted by Crippen LogP contribution is -2.22. The number of nitrogens with one attached hydrogen (secondary N) is 1. The van der Waals surface area contributed by atoms with Crippen LogP contribution in [-0.2, 0) is 9.53 Å². The van der Waals surface area contributed by atoms with Gasteiger partial charge in [-0.15, -0.1) is 0 Å². The lowest BCUT2D eigenvalue weighted by atomic mass is 10.2. The molecule has 0 unspecified atom stereocenters. The van der Waals surface area contributed by atoms with E-state index in [2.05, 4.69) is 24.1 Å². The number of esters is 1. The Morgan fingerprint density at radius 2 is 1.56 bits per heavy atom. The van der Waals surface area contributed by atoms with E-state index in [-0.39, 0.29) is 5.56 Å². The van der Waals surface area contributed by atoms with Gasteiger partial charge in [0.15, 0.2) is 23.9 Å². The van der Waals surface area contributed by atoms with E-state index in [9.17, 15) is 24.9 Å². The van der Waals surface area contributed by atoms with E-state index in [1.165, 1.54) is 0 Å². The van der Waals surface area contributed by atoms with Crippen molar-refractivity contribution >= 4 is 23.3 Å². The van der Waals surface area contributed by atoms with Crippen LogP contribution in [0.3, 0.4) is 0 Å². The highest BCUT2D eigenvalue weighted by Crippen LogP contribution is 2.35. The number of nitrogens with zero attached hydrogens (tertiary/aromatic N) is 1. The zero-order valence-corrected chi connectivity index (χ0v) is 15.1. The lowest BCUT2D eigenvalue weighted by Gasteiger charge is -2.21. The average Bonchev–Trinajstić information content (AvgIpc) is 2.66. The molecule has 2 rings (SSSR count). The van der Waals surface area contributed by atoms with E-state index < -0.39 is 35.7 Å². The molecule has 144 valence electrons. The highest BCUT2D eigenvalue weighted by Gasteiger charge is 2.16. The fraction of sp³-hybridized carbons (Fsp3) is 0.263. The second-order valence-electron chi connectivity index (χ2n) is 5.71. The molecule has 0 radical (unpaired) electrons. The number of hydrogen-bond acceptors (Lipinski definition) is 7. The van der Waals surface area contributed by atoms with Gasteiger partial charge in [0.05, 0.1) is 5.56 Å². The molecule has 0 fully saturated rings. The number of rotatable bonds is 7. The monoisotopic (exact) mass is 374 g/mol. The van der Waals surface area contributed by atoms with Crippen molar-refractivity contribution in [3.63, 3.8) is 0 Å². The summed E-state index contributed by atoms with van der Waals surface area (Å²) in [5.74, 6) is -3.53. The normalized spacial score (nSPS) is 10.3. The Kier molecular flexibility index (Phi) is 6.48. The number of carbonyl (C=O) groups excluding carboxylic acids is 2. The van der Waals surface area contributed by atoms with Gasteiger partial charge in [-0.25, -0.2) is 4.79 Å².